The summed E-state index contributed by atoms with van der Waals surface area (Å²) in [5, 5.41) is 0. The maximum absolute atomic E-state index is 12.6. The molecule has 1 aliphatic rings. The van der Waals surface area contributed by atoms with Gasteiger partial charge in [-0.3, -0.25) is 14.6 Å². The van der Waals surface area contributed by atoms with Gasteiger partial charge in [-0.25, -0.2) is 9.97 Å². The number of rotatable bonds is 0. The topological polar surface area (TPSA) is 72.8 Å². The van der Waals surface area contributed by atoms with Crippen molar-refractivity contribution in [3.8, 4) is 0 Å². The Labute approximate surface area is 126 Å². The molecule has 0 saturated carbocycles. The molecule has 2 heterocycles. The zero-order valence-electron chi connectivity index (χ0n) is 12.0. The van der Waals surface area contributed by atoms with Gasteiger partial charge in [-0.1, -0.05) is 6.07 Å². The number of benzene rings is 1. The molecule has 3 aromatic rings. The molecule has 0 saturated heterocycles. The summed E-state index contributed by atoms with van der Waals surface area (Å²) in [5.74, 6) is -0.647. The summed E-state index contributed by atoms with van der Waals surface area (Å²) in [4.78, 5) is 38.0. The first-order chi connectivity index (χ1) is 10.6. The highest BCUT2D eigenvalue weighted by atomic mass is 16.1. The molecule has 0 N–H and O–H groups in total. The van der Waals surface area contributed by atoms with Crippen LogP contribution >= 0.6 is 0 Å². The molecular weight excluding hydrogens is 278 g/mol. The zero-order valence-corrected chi connectivity index (χ0v) is 12.0. The third-order valence-electron chi connectivity index (χ3n) is 4.06. The van der Waals surface area contributed by atoms with Crippen molar-refractivity contribution >= 4 is 22.6 Å². The fourth-order valence-electron chi connectivity index (χ4n) is 2.68. The Bertz CT molecular complexity index is 993. The van der Waals surface area contributed by atoms with Crippen LogP contribution in [0.25, 0.3) is 11.0 Å². The lowest BCUT2D eigenvalue weighted by Crippen LogP contribution is -2.25. The fourth-order valence-corrected chi connectivity index (χ4v) is 2.68. The van der Waals surface area contributed by atoms with Gasteiger partial charge in [0.15, 0.2) is 0 Å². The Hall–Kier alpha value is -2.95. The van der Waals surface area contributed by atoms with Crippen molar-refractivity contribution < 1.29 is 9.59 Å². The SMILES string of the molecule is Cc1ccc2nc3c(nc2c1C)C(=O)c1ncccc1C3=O. The van der Waals surface area contributed by atoms with Crippen molar-refractivity contribution in [2.75, 3.05) is 0 Å². The molecule has 22 heavy (non-hydrogen) atoms. The first-order valence-corrected chi connectivity index (χ1v) is 6.90. The van der Waals surface area contributed by atoms with E-state index in [1.807, 2.05) is 26.0 Å². The summed E-state index contributed by atoms with van der Waals surface area (Å²) in [7, 11) is 0. The van der Waals surface area contributed by atoms with Crippen LogP contribution in [0.5, 0.6) is 0 Å². The molecule has 5 nitrogen and oxygen atoms in total. The fraction of sp³-hybridized carbons (Fsp3) is 0.118. The molecule has 5 heteroatoms. The van der Waals surface area contributed by atoms with Gasteiger partial charge in [-0.05, 0) is 43.2 Å². The van der Waals surface area contributed by atoms with E-state index in [0.29, 0.717) is 11.0 Å². The average molecular weight is 289 g/mol. The number of hydrogen-bond acceptors (Lipinski definition) is 5. The lowest BCUT2D eigenvalue weighted by molar-refractivity contribution is 0.0968. The third kappa shape index (κ3) is 1.56. The second-order valence-electron chi connectivity index (χ2n) is 5.35. The van der Waals surface area contributed by atoms with Crippen LogP contribution in [0.2, 0.25) is 0 Å². The van der Waals surface area contributed by atoms with Crippen LogP contribution in [0.15, 0.2) is 30.5 Å². The molecule has 0 radical (unpaired) electrons. The predicted molar refractivity (Wildman–Crippen MR) is 80.1 cm³/mol. The first-order valence-electron chi connectivity index (χ1n) is 6.90. The summed E-state index contributed by atoms with van der Waals surface area (Å²) in [6, 6.07) is 6.99. The molecular formula is C17H11N3O2. The van der Waals surface area contributed by atoms with Gasteiger partial charge in [-0.2, -0.15) is 0 Å². The molecule has 0 spiro atoms. The highest BCUT2D eigenvalue weighted by Gasteiger charge is 2.33. The van der Waals surface area contributed by atoms with Crippen LogP contribution in [-0.4, -0.2) is 26.5 Å². The van der Waals surface area contributed by atoms with Gasteiger partial charge in [0, 0.05) is 6.20 Å². The van der Waals surface area contributed by atoms with Crippen LogP contribution in [0.3, 0.4) is 0 Å². The predicted octanol–water partition coefficient (Wildman–Crippen LogP) is 2.42. The van der Waals surface area contributed by atoms with Crippen molar-refractivity contribution in [3.05, 3.63) is 64.2 Å². The molecule has 106 valence electrons. The smallest absolute Gasteiger partial charge is 0.232 e. The van der Waals surface area contributed by atoms with Crippen LogP contribution < -0.4 is 0 Å². The monoisotopic (exact) mass is 289 g/mol. The van der Waals surface area contributed by atoms with E-state index in [4.69, 9.17) is 0 Å². The minimum absolute atomic E-state index is 0.0948. The van der Waals surface area contributed by atoms with E-state index in [1.165, 1.54) is 6.20 Å². The highest BCUT2D eigenvalue weighted by molar-refractivity contribution is 6.26. The molecule has 1 aromatic carbocycles. The minimum atomic E-state index is -0.347. The Kier molecular flexibility index (Phi) is 2.48. The van der Waals surface area contributed by atoms with E-state index in [1.54, 1.807) is 12.1 Å². The maximum atomic E-state index is 12.6. The molecule has 4 rings (SSSR count). The second kappa shape index (κ2) is 4.27. The number of nitrogens with zero attached hydrogens (tertiary/aromatic N) is 3. The van der Waals surface area contributed by atoms with Gasteiger partial charge >= 0.3 is 0 Å². The number of aromatic nitrogens is 3. The number of ketones is 2. The number of hydrogen-bond donors (Lipinski definition) is 0. The van der Waals surface area contributed by atoms with Crippen LogP contribution in [0, 0.1) is 13.8 Å². The summed E-state index contributed by atoms with van der Waals surface area (Å²) in [6.45, 7) is 3.90. The van der Waals surface area contributed by atoms with Crippen molar-refractivity contribution in [2.24, 2.45) is 0 Å². The minimum Gasteiger partial charge on any atom is -0.287 e. The normalized spacial score (nSPS) is 13.2. The molecule has 2 aromatic heterocycles. The number of carbonyl (C=O) groups excluding carboxylic acids is 2. The summed E-state index contributed by atoms with van der Waals surface area (Å²) in [6.07, 6.45) is 1.50. The van der Waals surface area contributed by atoms with Crippen LogP contribution in [0.1, 0.15) is 43.4 Å². The highest BCUT2D eigenvalue weighted by Crippen LogP contribution is 2.27. The Morgan fingerprint density at radius 1 is 0.864 bits per heavy atom. The average Bonchev–Trinajstić information content (AvgIpc) is 2.55. The third-order valence-corrected chi connectivity index (χ3v) is 4.06. The standard InChI is InChI=1S/C17H11N3O2/c1-8-5-6-11-12(9(8)2)20-15-14(19-11)16(21)10-4-3-7-18-13(10)17(15)22/h3-7H,1-2H3. The first kappa shape index (κ1) is 12.8. The lowest BCUT2D eigenvalue weighted by atomic mass is 9.93. The quantitative estimate of drug-likeness (QED) is 0.497. The molecule has 0 aliphatic heterocycles. The Morgan fingerprint density at radius 3 is 2.45 bits per heavy atom. The van der Waals surface area contributed by atoms with E-state index in [2.05, 4.69) is 15.0 Å². The van der Waals surface area contributed by atoms with Crippen LogP contribution in [0.4, 0.5) is 0 Å². The number of aryl methyl sites for hydroxylation is 2. The summed E-state index contributed by atoms with van der Waals surface area (Å²) < 4.78 is 0. The van der Waals surface area contributed by atoms with E-state index >= 15 is 0 Å². The lowest BCUT2D eigenvalue weighted by Gasteiger charge is -2.16. The van der Waals surface area contributed by atoms with Crippen molar-refractivity contribution in [1.82, 2.24) is 15.0 Å². The molecule has 0 unspecified atom stereocenters. The number of fused-ring (bicyclic) bond motifs is 3. The van der Waals surface area contributed by atoms with E-state index in [9.17, 15) is 9.59 Å². The second-order valence-corrected chi connectivity index (χ2v) is 5.35. The molecule has 0 fully saturated rings. The number of carbonyl (C=O) groups is 2. The van der Waals surface area contributed by atoms with Crippen molar-refractivity contribution in [3.63, 3.8) is 0 Å². The van der Waals surface area contributed by atoms with Gasteiger partial charge < -0.3 is 0 Å². The summed E-state index contributed by atoms with van der Waals surface area (Å²) in [5.41, 5.74) is 3.94. The van der Waals surface area contributed by atoms with Crippen molar-refractivity contribution in [2.45, 2.75) is 13.8 Å². The summed E-state index contributed by atoms with van der Waals surface area (Å²) >= 11 is 0. The molecule has 0 atom stereocenters. The van der Waals surface area contributed by atoms with Gasteiger partial charge in [-0.15, -0.1) is 0 Å². The largest absolute Gasteiger partial charge is 0.287 e. The molecule has 0 amide bonds. The van der Waals surface area contributed by atoms with Gasteiger partial charge in [0.05, 0.1) is 16.6 Å². The maximum Gasteiger partial charge on any atom is 0.232 e. The van der Waals surface area contributed by atoms with Gasteiger partial charge in [0.2, 0.25) is 11.6 Å². The van der Waals surface area contributed by atoms with Gasteiger partial charge in [0.1, 0.15) is 17.1 Å². The van der Waals surface area contributed by atoms with Crippen LogP contribution in [-0.2, 0) is 0 Å². The molecule has 1 aliphatic carbocycles. The van der Waals surface area contributed by atoms with E-state index in [0.717, 1.165) is 11.1 Å². The zero-order chi connectivity index (χ0) is 15.4. The van der Waals surface area contributed by atoms with E-state index in [-0.39, 0.29) is 34.2 Å². The van der Waals surface area contributed by atoms with Gasteiger partial charge in [0.25, 0.3) is 0 Å². The Morgan fingerprint density at radius 2 is 1.64 bits per heavy atom. The molecule has 0 bridgehead atoms. The van der Waals surface area contributed by atoms with Crippen molar-refractivity contribution in [1.29, 1.82) is 0 Å². The number of pyridine rings is 1. The Balaban J connectivity index is 2.08. The van der Waals surface area contributed by atoms with E-state index < -0.39 is 0 Å².